The van der Waals surface area contributed by atoms with Gasteiger partial charge in [0.1, 0.15) is 0 Å². The molecule has 1 atom stereocenters. The van der Waals surface area contributed by atoms with Gasteiger partial charge in [-0.1, -0.05) is 72.8 Å². The molecule has 0 saturated heterocycles. The molecular weight excluding hydrogens is 332 g/mol. The molecule has 3 nitrogen and oxygen atoms in total. The lowest BCUT2D eigenvalue weighted by atomic mass is 9.87. The largest absolute Gasteiger partial charge is 0.361 e. The number of rotatable bonds is 3. The molecule has 132 valence electrons. The van der Waals surface area contributed by atoms with Crippen LogP contribution in [0.5, 0.6) is 0 Å². The van der Waals surface area contributed by atoms with E-state index in [0.717, 1.165) is 22.2 Å². The lowest BCUT2D eigenvalue weighted by molar-refractivity contribution is -0.133. The zero-order valence-electron chi connectivity index (χ0n) is 14.9. The first kappa shape index (κ1) is 15.9. The third-order valence-electron chi connectivity index (χ3n) is 5.43. The van der Waals surface area contributed by atoms with E-state index in [-0.39, 0.29) is 11.9 Å². The number of aromatic amines is 1. The fourth-order valence-electron chi connectivity index (χ4n) is 4.15. The van der Waals surface area contributed by atoms with Gasteiger partial charge in [0.15, 0.2) is 0 Å². The maximum absolute atomic E-state index is 13.1. The SMILES string of the molecule is O=C1Cc2ccccc2C(c2c[nH]c3ccccc23)N1Cc1ccccc1. The number of nitrogens with zero attached hydrogens (tertiary/aromatic N) is 1. The molecule has 1 aliphatic rings. The van der Waals surface area contributed by atoms with Crippen LogP contribution in [0, 0.1) is 0 Å². The Labute approximate surface area is 158 Å². The monoisotopic (exact) mass is 352 g/mol. The van der Waals surface area contributed by atoms with Crippen LogP contribution in [0.15, 0.2) is 85.1 Å². The summed E-state index contributed by atoms with van der Waals surface area (Å²) in [6.45, 7) is 0.609. The molecule has 0 bridgehead atoms. The van der Waals surface area contributed by atoms with E-state index in [1.807, 2.05) is 35.2 Å². The average molecular weight is 352 g/mol. The lowest BCUT2D eigenvalue weighted by Crippen LogP contribution is -2.40. The van der Waals surface area contributed by atoms with Crippen LogP contribution in [-0.4, -0.2) is 15.8 Å². The van der Waals surface area contributed by atoms with E-state index in [4.69, 9.17) is 0 Å². The molecule has 1 unspecified atom stereocenters. The number of H-pyrrole nitrogens is 1. The number of benzene rings is 3. The van der Waals surface area contributed by atoms with Crippen molar-refractivity contribution in [2.45, 2.75) is 19.0 Å². The molecule has 1 amide bonds. The van der Waals surface area contributed by atoms with Crippen LogP contribution in [0.2, 0.25) is 0 Å². The van der Waals surface area contributed by atoms with E-state index in [0.29, 0.717) is 13.0 Å². The quantitative estimate of drug-likeness (QED) is 0.562. The lowest BCUT2D eigenvalue weighted by Gasteiger charge is -2.37. The number of hydrogen-bond donors (Lipinski definition) is 1. The molecule has 0 radical (unpaired) electrons. The average Bonchev–Trinajstić information content (AvgIpc) is 3.13. The van der Waals surface area contributed by atoms with Gasteiger partial charge in [0.2, 0.25) is 5.91 Å². The van der Waals surface area contributed by atoms with Crippen molar-refractivity contribution in [3.05, 3.63) is 107 Å². The Morgan fingerprint density at radius 3 is 2.48 bits per heavy atom. The van der Waals surface area contributed by atoms with Crippen molar-refractivity contribution in [3.63, 3.8) is 0 Å². The predicted octanol–water partition coefficient (Wildman–Crippen LogP) is 4.84. The third-order valence-corrected chi connectivity index (χ3v) is 5.43. The highest BCUT2D eigenvalue weighted by Crippen LogP contribution is 2.39. The fourth-order valence-corrected chi connectivity index (χ4v) is 4.15. The van der Waals surface area contributed by atoms with Crippen LogP contribution in [-0.2, 0) is 17.8 Å². The van der Waals surface area contributed by atoms with Crippen molar-refractivity contribution in [1.82, 2.24) is 9.88 Å². The van der Waals surface area contributed by atoms with Crippen molar-refractivity contribution in [1.29, 1.82) is 0 Å². The summed E-state index contributed by atoms with van der Waals surface area (Å²) in [5, 5.41) is 1.17. The van der Waals surface area contributed by atoms with E-state index in [1.165, 1.54) is 10.9 Å². The highest BCUT2D eigenvalue weighted by atomic mass is 16.2. The Morgan fingerprint density at radius 2 is 1.59 bits per heavy atom. The van der Waals surface area contributed by atoms with Crippen LogP contribution in [0.25, 0.3) is 10.9 Å². The molecule has 3 aromatic carbocycles. The molecule has 1 N–H and O–H groups in total. The van der Waals surface area contributed by atoms with Crippen molar-refractivity contribution < 1.29 is 4.79 Å². The van der Waals surface area contributed by atoms with Crippen LogP contribution in [0.3, 0.4) is 0 Å². The standard InChI is InChI=1S/C24H20N2O/c27-23-14-18-10-4-5-11-19(18)24(26(23)16-17-8-2-1-3-9-17)21-15-25-22-13-7-6-12-20(21)22/h1-13,15,24-25H,14,16H2. The number of hydrogen-bond acceptors (Lipinski definition) is 1. The summed E-state index contributed by atoms with van der Waals surface area (Å²) in [4.78, 5) is 18.5. The molecule has 1 aliphatic heterocycles. The normalized spacial score (nSPS) is 16.5. The Bertz CT molecular complexity index is 1110. The molecule has 27 heavy (non-hydrogen) atoms. The molecule has 5 rings (SSSR count). The van der Waals surface area contributed by atoms with Crippen molar-refractivity contribution in [3.8, 4) is 0 Å². The number of nitrogens with one attached hydrogen (secondary N) is 1. The number of carbonyl (C=O) groups excluding carboxylic acids is 1. The summed E-state index contributed by atoms with van der Waals surface area (Å²) in [5.41, 5.74) is 5.75. The van der Waals surface area contributed by atoms with Gasteiger partial charge in [-0.15, -0.1) is 0 Å². The van der Waals surface area contributed by atoms with Gasteiger partial charge < -0.3 is 9.88 Å². The number of para-hydroxylation sites is 1. The van der Waals surface area contributed by atoms with Crippen LogP contribution >= 0.6 is 0 Å². The molecule has 2 heterocycles. The number of fused-ring (bicyclic) bond motifs is 2. The van der Waals surface area contributed by atoms with Crippen LogP contribution in [0.1, 0.15) is 28.3 Å². The molecule has 4 aromatic rings. The third kappa shape index (κ3) is 2.72. The minimum Gasteiger partial charge on any atom is -0.361 e. The zero-order valence-corrected chi connectivity index (χ0v) is 14.9. The molecule has 0 fully saturated rings. The van der Waals surface area contributed by atoms with E-state index < -0.39 is 0 Å². The van der Waals surface area contributed by atoms with E-state index in [2.05, 4.69) is 59.7 Å². The maximum Gasteiger partial charge on any atom is 0.228 e. The van der Waals surface area contributed by atoms with Gasteiger partial charge in [0.05, 0.1) is 12.5 Å². The topological polar surface area (TPSA) is 36.1 Å². The fraction of sp³-hybridized carbons (Fsp3) is 0.125. The first-order chi connectivity index (χ1) is 13.3. The van der Waals surface area contributed by atoms with E-state index >= 15 is 0 Å². The van der Waals surface area contributed by atoms with Gasteiger partial charge in [-0.25, -0.2) is 0 Å². The van der Waals surface area contributed by atoms with Gasteiger partial charge in [0.25, 0.3) is 0 Å². The van der Waals surface area contributed by atoms with Gasteiger partial charge in [0, 0.05) is 29.2 Å². The first-order valence-corrected chi connectivity index (χ1v) is 9.28. The second-order valence-corrected chi connectivity index (χ2v) is 7.07. The van der Waals surface area contributed by atoms with Crippen molar-refractivity contribution >= 4 is 16.8 Å². The number of carbonyl (C=O) groups is 1. The van der Waals surface area contributed by atoms with Gasteiger partial charge in [-0.05, 0) is 22.8 Å². The van der Waals surface area contributed by atoms with E-state index in [1.54, 1.807) is 0 Å². The summed E-state index contributed by atoms with van der Waals surface area (Å²) >= 11 is 0. The molecule has 0 aliphatic carbocycles. The Morgan fingerprint density at radius 1 is 0.852 bits per heavy atom. The summed E-state index contributed by atoms with van der Waals surface area (Å²) in [5.74, 6) is 0.174. The minimum atomic E-state index is -0.0844. The maximum atomic E-state index is 13.1. The molecule has 0 spiro atoms. The minimum absolute atomic E-state index is 0.0844. The van der Waals surface area contributed by atoms with Gasteiger partial charge in [-0.3, -0.25) is 4.79 Å². The second kappa shape index (κ2) is 6.44. The van der Waals surface area contributed by atoms with E-state index in [9.17, 15) is 4.79 Å². The molecule has 1 aromatic heterocycles. The molecule has 0 saturated carbocycles. The summed E-state index contributed by atoms with van der Waals surface area (Å²) in [6, 6.07) is 26.8. The summed E-state index contributed by atoms with van der Waals surface area (Å²) in [6.07, 6.45) is 2.52. The van der Waals surface area contributed by atoms with Crippen LogP contribution < -0.4 is 0 Å². The smallest absolute Gasteiger partial charge is 0.228 e. The molecular formula is C24H20N2O. The highest BCUT2D eigenvalue weighted by molar-refractivity contribution is 5.87. The van der Waals surface area contributed by atoms with Crippen LogP contribution in [0.4, 0.5) is 0 Å². The summed E-state index contributed by atoms with van der Waals surface area (Å²) < 4.78 is 0. The van der Waals surface area contributed by atoms with Gasteiger partial charge in [-0.2, -0.15) is 0 Å². The highest BCUT2D eigenvalue weighted by Gasteiger charge is 2.34. The van der Waals surface area contributed by atoms with Gasteiger partial charge >= 0.3 is 0 Å². The zero-order chi connectivity index (χ0) is 18.2. The number of aromatic nitrogens is 1. The predicted molar refractivity (Wildman–Crippen MR) is 107 cm³/mol. The Balaban J connectivity index is 1.68. The summed E-state index contributed by atoms with van der Waals surface area (Å²) in [7, 11) is 0. The number of amides is 1. The molecule has 3 heteroatoms. The van der Waals surface area contributed by atoms with Crippen molar-refractivity contribution in [2.24, 2.45) is 0 Å². The Kier molecular flexibility index (Phi) is 3.79. The second-order valence-electron chi connectivity index (χ2n) is 7.07. The Hall–Kier alpha value is -3.33. The van der Waals surface area contributed by atoms with Crippen molar-refractivity contribution in [2.75, 3.05) is 0 Å². The first-order valence-electron chi connectivity index (χ1n) is 9.28.